The maximum atomic E-state index is 13.6. The van der Waals surface area contributed by atoms with Crippen molar-refractivity contribution in [1.29, 1.82) is 0 Å². The van der Waals surface area contributed by atoms with Crippen LogP contribution in [0.3, 0.4) is 0 Å². The molecule has 1 fully saturated rings. The molecule has 3 amide bonds. The van der Waals surface area contributed by atoms with Crippen LogP contribution in [0.2, 0.25) is 0 Å². The summed E-state index contributed by atoms with van der Waals surface area (Å²) in [5.41, 5.74) is 0.768. The van der Waals surface area contributed by atoms with E-state index in [0.29, 0.717) is 25.9 Å². The summed E-state index contributed by atoms with van der Waals surface area (Å²) >= 11 is 0. The molecule has 2 rings (SSSR count). The van der Waals surface area contributed by atoms with Crippen molar-refractivity contribution < 1.29 is 29.0 Å². The monoisotopic (exact) mass is 557 g/mol. The summed E-state index contributed by atoms with van der Waals surface area (Å²) in [6, 6.07) is 6.55. The first-order valence-corrected chi connectivity index (χ1v) is 14.2. The summed E-state index contributed by atoms with van der Waals surface area (Å²) in [5, 5.41) is 18.6. The highest BCUT2D eigenvalue weighted by atomic mass is 16.6. The van der Waals surface area contributed by atoms with Crippen LogP contribution < -0.4 is 16.0 Å². The first-order chi connectivity index (χ1) is 18.7. The van der Waals surface area contributed by atoms with Gasteiger partial charge in [-0.2, -0.15) is 0 Å². The number of carbonyl (C=O) groups excluding carboxylic acids is 4. The lowest BCUT2D eigenvalue weighted by Gasteiger charge is -2.27. The van der Waals surface area contributed by atoms with E-state index in [1.807, 2.05) is 65.0 Å². The molecule has 9 nitrogen and oxygen atoms in total. The van der Waals surface area contributed by atoms with E-state index >= 15 is 0 Å². The number of aliphatic hydroxyl groups excluding tert-OH is 1. The van der Waals surface area contributed by atoms with E-state index in [1.165, 1.54) is 0 Å². The minimum atomic E-state index is -1.28. The van der Waals surface area contributed by atoms with Gasteiger partial charge in [0.2, 0.25) is 17.7 Å². The molecule has 222 valence electrons. The van der Waals surface area contributed by atoms with E-state index in [1.54, 1.807) is 6.92 Å². The molecule has 4 N–H and O–H groups in total. The van der Waals surface area contributed by atoms with Crippen molar-refractivity contribution in [2.45, 2.75) is 103 Å². The molecule has 0 aromatic heterocycles. The second-order valence-electron chi connectivity index (χ2n) is 12.0. The largest absolute Gasteiger partial charge is 0.383 e. The SMILES string of the molecule is C=C(C)CC[C@H](O)C(=O)N[C@@H](CC(C)C)C(=O)N[C@@H](Cc1ccccc1)C(=O)NC(CC(C)C)C(=O)[C@@]1(C)CO1. The number of Topliss-reactive ketones (excluding diaryl/α,β-unsaturated/α-hetero) is 1. The molecule has 1 unspecified atom stereocenters. The molecule has 9 heteroatoms. The minimum Gasteiger partial charge on any atom is -0.383 e. The Morgan fingerprint density at radius 2 is 1.40 bits per heavy atom. The van der Waals surface area contributed by atoms with Crippen molar-refractivity contribution >= 4 is 23.5 Å². The van der Waals surface area contributed by atoms with Crippen molar-refractivity contribution in [3.05, 3.63) is 48.0 Å². The Balaban J connectivity index is 2.23. The number of ether oxygens (including phenoxy) is 1. The summed E-state index contributed by atoms with van der Waals surface area (Å²) in [6.45, 7) is 15.4. The van der Waals surface area contributed by atoms with Gasteiger partial charge in [0, 0.05) is 6.42 Å². The summed E-state index contributed by atoms with van der Waals surface area (Å²) < 4.78 is 5.34. The van der Waals surface area contributed by atoms with E-state index in [2.05, 4.69) is 22.5 Å². The van der Waals surface area contributed by atoms with Gasteiger partial charge in [0.1, 0.15) is 23.8 Å². The normalized spacial score (nSPS) is 19.3. The van der Waals surface area contributed by atoms with Gasteiger partial charge in [-0.25, -0.2) is 0 Å². The Morgan fingerprint density at radius 1 is 0.900 bits per heavy atom. The minimum absolute atomic E-state index is 0.0531. The predicted molar refractivity (Wildman–Crippen MR) is 154 cm³/mol. The number of rotatable bonds is 17. The zero-order chi connectivity index (χ0) is 30.0. The number of hydrogen-bond donors (Lipinski definition) is 4. The highest BCUT2D eigenvalue weighted by molar-refractivity contribution is 5.98. The smallest absolute Gasteiger partial charge is 0.249 e. The Labute approximate surface area is 238 Å². The maximum absolute atomic E-state index is 13.6. The fourth-order valence-electron chi connectivity index (χ4n) is 4.41. The Hall–Kier alpha value is -3.04. The third kappa shape index (κ3) is 10.8. The molecule has 0 aliphatic carbocycles. The van der Waals surface area contributed by atoms with Gasteiger partial charge in [0.25, 0.3) is 0 Å². The number of allylic oxidation sites excluding steroid dienone is 1. The molecule has 1 aromatic carbocycles. The first-order valence-electron chi connectivity index (χ1n) is 14.2. The Morgan fingerprint density at radius 3 is 1.93 bits per heavy atom. The van der Waals surface area contributed by atoms with Crippen molar-refractivity contribution in [1.82, 2.24) is 16.0 Å². The second-order valence-corrected chi connectivity index (χ2v) is 12.0. The van der Waals surface area contributed by atoms with Crippen LogP contribution in [0.4, 0.5) is 0 Å². The van der Waals surface area contributed by atoms with Gasteiger partial charge in [-0.3, -0.25) is 19.2 Å². The van der Waals surface area contributed by atoms with E-state index in [0.717, 1.165) is 11.1 Å². The lowest BCUT2D eigenvalue weighted by Crippen LogP contribution is -2.58. The molecule has 5 atom stereocenters. The molecule has 40 heavy (non-hydrogen) atoms. The predicted octanol–water partition coefficient (Wildman–Crippen LogP) is 2.85. The number of aliphatic hydroxyl groups is 1. The molecular formula is C31H47N3O6. The van der Waals surface area contributed by atoms with Crippen LogP contribution in [-0.4, -0.2) is 65.0 Å². The number of benzene rings is 1. The average Bonchev–Trinajstić information content (AvgIpc) is 3.63. The molecular weight excluding hydrogens is 510 g/mol. The highest BCUT2D eigenvalue weighted by Crippen LogP contribution is 2.29. The zero-order valence-corrected chi connectivity index (χ0v) is 24.8. The maximum Gasteiger partial charge on any atom is 0.249 e. The van der Waals surface area contributed by atoms with Gasteiger partial charge in [0.15, 0.2) is 5.78 Å². The molecule has 0 bridgehead atoms. The van der Waals surface area contributed by atoms with Crippen molar-refractivity contribution in [3.63, 3.8) is 0 Å². The summed E-state index contributed by atoms with van der Waals surface area (Å²) in [6.07, 6.45) is 0.340. The number of carbonyl (C=O) groups is 4. The third-order valence-electron chi connectivity index (χ3n) is 6.84. The quantitative estimate of drug-likeness (QED) is 0.172. The fourth-order valence-corrected chi connectivity index (χ4v) is 4.41. The molecule has 1 aliphatic heterocycles. The topological polar surface area (TPSA) is 137 Å². The lowest BCUT2D eigenvalue weighted by molar-refractivity contribution is -0.136. The number of nitrogens with one attached hydrogen (secondary N) is 3. The van der Waals surface area contributed by atoms with Crippen LogP contribution in [0.25, 0.3) is 0 Å². The number of epoxide rings is 1. The van der Waals surface area contributed by atoms with Crippen molar-refractivity contribution in [2.24, 2.45) is 11.8 Å². The summed E-state index contributed by atoms with van der Waals surface area (Å²) in [4.78, 5) is 52.9. The molecule has 0 spiro atoms. The zero-order valence-electron chi connectivity index (χ0n) is 24.8. The van der Waals surface area contributed by atoms with Crippen LogP contribution in [0.1, 0.15) is 72.8 Å². The van der Waals surface area contributed by atoms with Gasteiger partial charge in [-0.1, -0.05) is 63.6 Å². The molecule has 1 saturated heterocycles. The number of ketones is 1. The van der Waals surface area contributed by atoms with Crippen LogP contribution in [0.15, 0.2) is 42.5 Å². The van der Waals surface area contributed by atoms with Gasteiger partial charge < -0.3 is 25.8 Å². The van der Waals surface area contributed by atoms with Crippen LogP contribution in [-0.2, 0) is 30.3 Å². The number of hydrogen-bond acceptors (Lipinski definition) is 6. The third-order valence-corrected chi connectivity index (χ3v) is 6.84. The average molecular weight is 558 g/mol. The van der Waals surface area contributed by atoms with E-state index in [9.17, 15) is 24.3 Å². The van der Waals surface area contributed by atoms with Gasteiger partial charge in [-0.05, 0) is 56.9 Å². The number of amides is 3. The molecule has 1 heterocycles. The molecule has 0 radical (unpaired) electrons. The molecule has 0 saturated carbocycles. The van der Waals surface area contributed by atoms with Gasteiger partial charge in [0.05, 0.1) is 12.6 Å². The molecule has 1 aromatic rings. The van der Waals surface area contributed by atoms with Gasteiger partial charge >= 0.3 is 0 Å². The van der Waals surface area contributed by atoms with Crippen molar-refractivity contribution in [3.8, 4) is 0 Å². The van der Waals surface area contributed by atoms with E-state index < -0.39 is 47.6 Å². The van der Waals surface area contributed by atoms with Crippen LogP contribution >= 0.6 is 0 Å². The molecule has 1 aliphatic rings. The fraction of sp³-hybridized carbons (Fsp3) is 0.613. The Bertz CT molecular complexity index is 1030. The van der Waals surface area contributed by atoms with Crippen LogP contribution in [0, 0.1) is 11.8 Å². The highest BCUT2D eigenvalue weighted by Gasteiger charge is 2.50. The summed E-state index contributed by atoms with van der Waals surface area (Å²) in [5.74, 6) is -1.66. The van der Waals surface area contributed by atoms with E-state index in [4.69, 9.17) is 4.74 Å². The summed E-state index contributed by atoms with van der Waals surface area (Å²) in [7, 11) is 0. The Kier molecular flexibility index (Phi) is 12.5. The van der Waals surface area contributed by atoms with Crippen molar-refractivity contribution in [2.75, 3.05) is 6.61 Å². The van der Waals surface area contributed by atoms with Gasteiger partial charge in [-0.15, -0.1) is 6.58 Å². The second kappa shape index (κ2) is 15.1. The lowest BCUT2D eigenvalue weighted by atomic mass is 9.93. The first kappa shape index (κ1) is 33.2. The van der Waals surface area contributed by atoms with Crippen LogP contribution in [0.5, 0.6) is 0 Å². The standard InChI is InChI=1S/C31H47N3O6/c1-19(2)13-14-26(35)30(39)34-24(16-21(5)6)28(37)33-25(17-22-11-9-8-10-12-22)29(38)32-23(15-20(3)4)27(36)31(7)18-40-31/h8-12,20-21,23-26,35H,1,13-18H2,2-7H3,(H,32,38)(H,33,37)(H,34,39)/t23?,24-,25-,26-,31+/m0/s1. The van der Waals surface area contributed by atoms with E-state index in [-0.39, 0.29) is 30.5 Å².